The minimum absolute atomic E-state index is 0.00996. The molecule has 0 bridgehead atoms. The zero-order chi connectivity index (χ0) is 38.9. The molecular formula is C28H36N6O13S5. The molecular weight excluding hydrogens is 789 g/mol. The van der Waals surface area contributed by atoms with Crippen molar-refractivity contribution in [2.24, 2.45) is 10.2 Å². The Hall–Kier alpha value is -3.51. The second-order valence-corrected chi connectivity index (χ2v) is 17.8. The molecule has 52 heavy (non-hydrogen) atoms. The third-order valence-electron chi connectivity index (χ3n) is 7.27. The summed E-state index contributed by atoms with van der Waals surface area (Å²) in [5, 5.41) is 23.2. The molecule has 1 heterocycles. The fourth-order valence-corrected chi connectivity index (χ4v) is 8.06. The lowest BCUT2D eigenvalue weighted by atomic mass is 10.0. The van der Waals surface area contributed by atoms with Crippen LogP contribution in [0, 0.1) is 18.3 Å². The zero-order valence-corrected chi connectivity index (χ0v) is 31.7. The van der Waals surface area contributed by atoms with Crippen LogP contribution in [-0.2, 0) is 56.7 Å². The fourth-order valence-electron chi connectivity index (χ4n) is 4.62. The topological polar surface area (TPSA) is 312 Å². The molecule has 2 unspecified atom stereocenters. The van der Waals surface area contributed by atoms with Crippen molar-refractivity contribution in [1.82, 2.24) is 4.98 Å². The van der Waals surface area contributed by atoms with Gasteiger partial charge in [0.2, 0.25) is 0 Å². The smallest absolute Gasteiger partial charge is 0.368 e. The van der Waals surface area contributed by atoms with E-state index in [0.29, 0.717) is 12.2 Å². The summed E-state index contributed by atoms with van der Waals surface area (Å²) in [6.45, 7) is 2.76. The van der Waals surface area contributed by atoms with E-state index in [1.54, 1.807) is 0 Å². The van der Waals surface area contributed by atoms with Gasteiger partial charge in [-0.2, -0.15) is 35.6 Å². The Morgan fingerprint density at radius 1 is 0.942 bits per heavy atom. The van der Waals surface area contributed by atoms with Crippen LogP contribution < -0.4 is 10.6 Å². The van der Waals surface area contributed by atoms with Gasteiger partial charge in [0.05, 0.1) is 23.1 Å². The van der Waals surface area contributed by atoms with E-state index in [1.165, 1.54) is 19.1 Å². The maximum Gasteiger partial charge on any atom is 0.397 e. The summed E-state index contributed by atoms with van der Waals surface area (Å²) in [5.41, 5.74) is -0.169. The van der Waals surface area contributed by atoms with Gasteiger partial charge in [-0.3, -0.25) is 17.9 Å². The van der Waals surface area contributed by atoms with Gasteiger partial charge in [-0.1, -0.05) is 25.5 Å². The van der Waals surface area contributed by atoms with E-state index in [2.05, 4.69) is 30.0 Å². The minimum atomic E-state index is -4.93. The number of hydrogen-bond donors (Lipinski definition) is 6. The SMILES string of the molecule is CCCS(=O)CCNc1nc(NCCOS(=O)(=O)O)c(N=Nc2cc(S(=O)(=O)O)c3cccc(S(=O)(=O)O)c3c2)c(C)c1C#N.O=S(O)C1CCC1. The summed E-state index contributed by atoms with van der Waals surface area (Å²) in [4.78, 5) is 2.94. The summed E-state index contributed by atoms with van der Waals surface area (Å²) in [7, 11) is -15.6. The fraction of sp³-hybridized carbons (Fsp3) is 0.429. The second kappa shape index (κ2) is 18.5. The van der Waals surface area contributed by atoms with Crippen molar-refractivity contribution in [2.75, 3.05) is 41.8 Å². The number of anilines is 2. The van der Waals surface area contributed by atoms with Crippen LogP contribution >= 0.6 is 0 Å². The van der Waals surface area contributed by atoms with Crippen molar-refractivity contribution >= 4 is 86.3 Å². The van der Waals surface area contributed by atoms with Crippen LogP contribution in [0.5, 0.6) is 0 Å². The third kappa shape index (κ3) is 12.3. The molecule has 1 fully saturated rings. The van der Waals surface area contributed by atoms with Gasteiger partial charge >= 0.3 is 10.4 Å². The first kappa shape index (κ1) is 42.9. The monoisotopic (exact) mass is 824 g/mol. The molecule has 0 aliphatic heterocycles. The van der Waals surface area contributed by atoms with E-state index < -0.39 is 68.9 Å². The van der Waals surface area contributed by atoms with Crippen LogP contribution in [0.25, 0.3) is 10.8 Å². The molecule has 24 heteroatoms. The van der Waals surface area contributed by atoms with E-state index in [-0.39, 0.29) is 69.0 Å². The van der Waals surface area contributed by atoms with E-state index in [4.69, 9.17) is 9.11 Å². The molecule has 1 saturated carbocycles. The third-order valence-corrected chi connectivity index (χ3v) is 12.1. The highest BCUT2D eigenvalue weighted by Crippen LogP contribution is 2.37. The van der Waals surface area contributed by atoms with Crippen molar-refractivity contribution in [1.29, 1.82) is 5.26 Å². The average molecular weight is 825 g/mol. The van der Waals surface area contributed by atoms with Gasteiger partial charge in [0.1, 0.15) is 27.4 Å². The molecule has 19 nitrogen and oxygen atoms in total. The maximum absolute atomic E-state index is 12.2. The van der Waals surface area contributed by atoms with E-state index in [9.17, 15) is 48.0 Å². The Balaban J connectivity index is 0.000000927. The number of hydrogen-bond acceptors (Lipinski definition) is 15. The van der Waals surface area contributed by atoms with Gasteiger partial charge in [-0.05, 0) is 44.4 Å². The summed E-state index contributed by atoms with van der Waals surface area (Å²) >= 11 is -1.52. The number of fused-ring (bicyclic) bond motifs is 1. The van der Waals surface area contributed by atoms with Crippen LogP contribution in [0.2, 0.25) is 0 Å². The molecule has 6 N–H and O–H groups in total. The number of nitrogens with one attached hydrogen (secondary N) is 2. The molecule has 4 rings (SSSR count). The highest BCUT2D eigenvalue weighted by molar-refractivity contribution is 7.86. The number of benzene rings is 2. The molecule has 1 aliphatic carbocycles. The van der Waals surface area contributed by atoms with Gasteiger partial charge < -0.3 is 15.2 Å². The normalized spacial score (nSPS) is 14.9. The van der Waals surface area contributed by atoms with E-state index >= 15 is 0 Å². The number of aromatic nitrogens is 1. The Bertz CT molecular complexity index is 2240. The summed E-state index contributed by atoms with van der Waals surface area (Å²) in [6.07, 6.45) is 3.75. The van der Waals surface area contributed by atoms with E-state index in [1.807, 2.05) is 13.0 Å². The number of pyridine rings is 1. The first-order chi connectivity index (χ1) is 24.3. The standard InChI is InChI=1S/C24H28N6O11S4.C4H8O2S/c1-3-10-42(31)11-8-27-23-19(14-25)15(2)22(24(28-23)26-7-9-41-45(38,39)40)30-29-16-12-18-17(21(13-16)44(35,36)37)5-4-6-20(18)43(32,33)34;5-7(6)4-2-1-3-4/h4-6,12-13H,3,7-11H2,1-2H3,(H2,26,27,28)(H,32,33,34)(H,35,36,37)(H,38,39,40);4H,1-3H2,(H,5,6). The molecule has 2 aromatic carbocycles. The lowest BCUT2D eigenvalue weighted by Crippen LogP contribution is -2.22. The van der Waals surface area contributed by atoms with Crippen LogP contribution in [-0.4, -0.2) is 93.3 Å². The number of nitriles is 1. The number of rotatable bonds is 16. The Morgan fingerprint density at radius 3 is 2.12 bits per heavy atom. The van der Waals surface area contributed by atoms with E-state index in [0.717, 1.165) is 37.5 Å². The number of nitrogens with zero attached hydrogens (tertiary/aromatic N) is 4. The molecule has 1 aromatic heterocycles. The molecule has 0 radical (unpaired) electrons. The van der Waals surface area contributed by atoms with Crippen molar-refractivity contribution in [3.05, 3.63) is 41.5 Å². The van der Waals surface area contributed by atoms with Crippen molar-refractivity contribution < 1.29 is 56.1 Å². The van der Waals surface area contributed by atoms with Gasteiger partial charge in [0.15, 0.2) is 16.9 Å². The van der Waals surface area contributed by atoms with Gasteiger partial charge in [0, 0.05) is 51.7 Å². The molecule has 0 saturated heterocycles. The first-order valence-corrected chi connectivity index (χ1v) is 22.1. The molecule has 1 aliphatic rings. The van der Waals surface area contributed by atoms with Crippen molar-refractivity contribution in [3.8, 4) is 6.07 Å². The Morgan fingerprint density at radius 2 is 1.60 bits per heavy atom. The highest BCUT2D eigenvalue weighted by Gasteiger charge is 2.23. The molecule has 2 atom stereocenters. The molecule has 3 aromatic rings. The molecule has 0 spiro atoms. The molecule has 0 amide bonds. The quantitative estimate of drug-likeness (QED) is 0.0516. The summed E-state index contributed by atoms with van der Waals surface area (Å²) < 4.78 is 133. The van der Waals surface area contributed by atoms with Gasteiger partial charge in [-0.25, -0.2) is 13.4 Å². The molecule has 286 valence electrons. The van der Waals surface area contributed by atoms with Crippen LogP contribution in [0.3, 0.4) is 0 Å². The minimum Gasteiger partial charge on any atom is -0.368 e. The van der Waals surface area contributed by atoms with Gasteiger partial charge in [0.25, 0.3) is 20.2 Å². The maximum atomic E-state index is 12.2. The van der Waals surface area contributed by atoms with Crippen LogP contribution in [0.4, 0.5) is 23.0 Å². The predicted molar refractivity (Wildman–Crippen MR) is 192 cm³/mol. The number of azo groups is 1. The lowest BCUT2D eigenvalue weighted by Gasteiger charge is -2.20. The highest BCUT2D eigenvalue weighted by atomic mass is 32.3. The average Bonchev–Trinajstić information content (AvgIpc) is 3.00. The lowest BCUT2D eigenvalue weighted by molar-refractivity contribution is 0.278. The Labute approximate surface area is 305 Å². The summed E-state index contributed by atoms with van der Waals surface area (Å²) in [5.74, 6) is 0.743. The second-order valence-electron chi connectivity index (χ2n) is 11.0. The largest absolute Gasteiger partial charge is 0.397 e. The van der Waals surface area contributed by atoms with Crippen LogP contribution in [0.15, 0.2) is 50.4 Å². The predicted octanol–water partition coefficient (Wildman–Crippen LogP) is 3.89. The van der Waals surface area contributed by atoms with Crippen molar-refractivity contribution in [2.45, 2.75) is 54.6 Å². The van der Waals surface area contributed by atoms with Crippen LogP contribution in [0.1, 0.15) is 43.7 Å². The van der Waals surface area contributed by atoms with Gasteiger partial charge in [-0.15, -0.1) is 5.11 Å². The first-order valence-electron chi connectivity index (χ1n) is 15.2. The summed E-state index contributed by atoms with van der Waals surface area (Å²) in [6, 6.07) is 7.38. The zero-order valence-electron chi connectivity index (χ0n) is 27.6. The Kier molecular flexibility index (Phi) is 15.3. The van der Waals surface area contributed by atoms with Crippen molar-refractivity contribution in [3.63, 3.8) is 0 Å².